The number of ether oxygens (including phenoxy) is 1. The van der Waals surface area contributed by atoms with Crippen LogP contribution in [0, 0.1) is 0 Å². The van der Waals surface area contributed by atoms with Gasteiger partial charge in [-0.15, -0.1) is 11.3 Å². The van der Waals surface area contributed by atoms with Gasteiger partial charge < -0.3 is 10.1 Å². The summed E-state index contributed by atoms with van der Waals surface area (Å²) in [6.07, 6.45) is 0.636. The van der Waals surface area contributed by atoms with E-state index in [2.05, 4.69) is 12.2 Å². The molecule has 1 aliphatic rings. The molecule has 2 amide bonds. The van der Waals surface area contributed by atoms with E-state index in [-0.39, 0.29) is 18.1 Å². The van der Waals surface area contributed by atoms with Crippen LogP contribution in [0.25, 0.3) is 0 Å². The number of hydrogen-bond acceptors (Lipinski definition) is 4. The monoisotopic (exact) mass is 344 g/mol. The minimum atomic E-state index is -0.364. The van der Waals surface area contributed by atoms with Gasteiger partial charge in [-0.1, -0.05) is 25.1 Å². The fourth-order valence-electron chi connectivity index (χ4n) is 2.61. The van der Waals surface area contributed by atoms with Crippen LogP contribution in [-0.4, -0.2) is 31.2 Å². The van der Waals surface area contributed by atoms with Crippen molar-refractivity contribution in [1.82, 2.24) is 5.32 Å². The predicted molar refractivity (Wildman–Crippen MR) is 94.5 cm³/mol. The Morgan fingerprint density at radius 1 is 1.33 bits per heavy atom. The summed E-state index contributed by atoms with van der Waals surface area (Å²) in [5, 5.41) is 4.79. The molecule has 3 rings (SSSR count). The molecule has 2 heterocycles. The van der Waals surface area contributed by atoms with Gasteiger partial charge in [0.15, 0.2) is 0 Å². The SMILES string of the molecule is CCc1ccc(N2CC(CNC(=O)Cc3cccs3)OC2=O)cc1. The number of carbonyl (C=O) groups excluding carboxylic acids is 2. The lowest BCUT2D eigenvalue weighted by molar-refractivity contribution is -0.120. The van der Waals surface area contributed by atoms with Crippen molar-refractivity contribution in [2.24, 2.45) is 0 Å². The highest BCUT2D eigenvalue weighted by Crippen LogP contribution is 2.22. The van der Waals surface area contributed by atoms with E-state index in [0.29, 0.717) is 19.5 Å². The normalized spacial score (nSPS) is 17.0. The standard InChI is InChI=1S/C18H20N2O3S/c1-2-13-5-7-14(8-6-13)20-12-15(23-18(20)22)11-19-17(21)10-16-4-3-9-24-16/h3-9,15H,2,10-12H2,1H3,(H,19,21). The molecule has 0 aliphatic carbocycles. The van der Waals surface area contributed by atoms with E-state index in [1.165, 1.54) is 5.56 Å². The third-order valence-electron chi connectivity index (χ3n) is 3.97. The van der Waals surface area contributed by atoms with E-state index >= 15 is 0 Å². The molecule has 1 aliphatic heterocycles. The summed E-state index contributed by atoms with van der Waals surface area (Å²) in [6, 6.07) is 11.7. The van der Waals surface area contributed by atoms with Crippen LogP contribution in [0.5, 0.6) is 0 Å². The number of amides is 2. The van der Waals surface area contributed by atoms with Crippen molar-refractivity contribution in [3.05, 3.63) is 52.2 Å². The summed E-state index contributed by atoms with van der Waals surface area (Å²) in [4.78, 5) is 26.6. The summed E-state index contributed by atoms with van der Waals surface area (Å²) in [6.45, 7) is 2.87. The zero-order valence-electron chi connectivity index (χ0n) is 13.5. The second kappa shape index (κ2) is 7.49. The Morgan fingerprint density at radius 3 is 2.79 bits per heavy atom. The number of carbonyl (C=O) groups is 2. The minimum absolute atomic E-state index is 0.0563. The third-order valence-corrected chi connectivity index (χ3v) is 4.85. The fourth-order valence-corrected chi connectivity index (χ4v) is 3.32. The summed E-state index contributed by atoms with van der Waals surface area (Å²) in [7, 11) is 0. The first kappa shape index (κ1) is 16.5. The van der Waals surface area contributed by atoms with Crippen LogP contribution < -0.4 is 10.2 Å². The maximum atomic E-state index is 12.0. The summed E-state index contributed by atoms with van der Waals surface area (Å²) >= 11 is 1.56. The number of rotatable bonds is 6. The molecular formula is C18H20N2O3S. The summed E-state index contributed by atoms with van der Waals surface area (Å²) in [5.41, 5.74) is 2.05. The summed E-state index contributed by atoms with van der Waals surface area (Å²) < 4.78 is 5.35. The van der Waals surface area contributed by atoms with Gasteiger partial charge in [0.1, 0.15) is 6.10 Å². The number of aryl methyl sites for hydroxylation is 1. The van der Waals surface area contributed by atoms with Gasteiger partial charge in [-0.05, 0) is 35.6 Å². The van der Waals surface area contributed by atoms with E-state index in [9.17, 15) is 9.59 Å². The number of hydrogen-bond donors (Lipinski definition) is 1. The first-order chi connectivity index (χ1) is 11.7. The molecule has 1 aromatic heterocycles. The Bertz CT molecular complexity index is 698. The molecule has 1 atom stereocenters. The number of thiophene rings is 1. The highest BCUT2D eigenvalue weighted by atomic mass is 32.1. The quantitative estimate of drug-likeness (QED) is 0.876. The Balaban J connectivity index is 1.51. The first-order valence-electron chi connectivity index (χ1n) is 8.02. The lowest BCUT2D eigenvalue weighted by Gasteiger charge is -2.13. The highest BCUT2D eigenvalue weighted by Gasteiger charge is 2.32. The van der Waals surface area contributed by atoms with Crippen LogP contribution in [0.4, 0.5) is 10.5 Å². The van der Waals surface area contributed by atoms with Crippen molar-refractivity contribution in [3.8, 4) is 0 Å². The lowest BCUT2D eigenvalue weighted by Crippen LogP contribution is -2.35. The molecule has 6 heteroatoms. The molecule has 1 aromatic carbocycles. The van der Waals surface area contributed by atoms with E-state index in [0.717, 1.165) is 17.0 Å². The van der Waals surface area contributed by atoms with E-state index in [1.807, 2.05) is 41.8 Å². The second-order valence-corrected chi connectivity index (χ2v) is 6.73. The zero-order chi connectivity index (χ0) is 16.9. The predicted octanol–water partition coefficient (Wildman–Crippen LogP) is 2.99. The fraction of sp³-hybridized carbons (Fsp3) is 0.333. The van der Waals surface area contributed by atoms with Crippen LogP contribution in [-0.2, 0) is 22.4 Å². The molecule has 0 bridgehead atoms. The van der Waals surface area contributed by atoms with Crippen molar-refractivity contribution >= 4 is 29.0 Å². The van der Waals surface area contributed by atoms with Gasteiger partial charge in [-0.3, -0.25) is 9.69 Å². The molecule has 5 nitrogen and oxygen atoms in total. The van der Waals surface area contributed by atoms with Gasteiger partial charge in [-0.2, -0.15) is 0 Å². The smallest absolute Gasteiger partial charge is 0.414 e. The van der Waals surface area contributed by atoms with Crippen LogP contribution >= 0.6 is 11.3 Å². The van der Waals surface area contributed by atoms with Crippen molar-refractivity contribution in [2.45, 2.75) is 25.9 Å². The number of cyclic esters (lactones) is 1. The lowest BCUT2D eigenvalue weighted by atomic mass is 10.1. The van der Waals surface area contributed by atoms with Crippen LogP contribution in [0.1, 0.15) is 17.4 Å². The van der Waals surface area contributed by atoms with Crippen LogP contribution in [0.2, 0.25) is 0 Å². The Labute approximate surface area is 145 Å². The molecule has 24 heavy (non-hydrogen) atoms. The van der Waals surface area contributed by atoms with Gasteiger partial charge >= 0.3 is 6.09 Å². The number of nitrogens with one attached hydrogen (secondary N) is 1. The minimum Gasteiger partial charge on any atom is -0.442 e. The van der Waals surface area contributed by atoms with Gasteiger partial charge in [0.05, 0.1) is 19.5 Å². The molecule has 1 saturated heterocycles. The Kier molecular flexibility index (Phi) is 5.15. The molecule has 1 N–H and O–H groups in total. The third kappa shape index (κ3) is 3.94. The first-order valence-corrected chi connectivity index (χ1v) is 8.90. The largest absolute Gasteiger partial charge is 0.442 e. The van der Waals surface area contributed by atoms with Crippen molar-refractivity contribution in [2.75, 3.05) is 18.0 Å². The molecule has 2 aromatic rings. The van der Waals surface area contributed by atoms with Crippen molar-refractivity contribution < 1.29 is 14.3 Å². The highest BCUT2D eigenvalue weighted by molar-refractivity contribution is 7.10. The topological polar surface area (TPSA) is 58.6 Å². The molecular weight excluding hydrogens is 324 g/mol. The van der Waals surface area contributed by atoms with E-state index in [4.69, 9.17) is 4.74 Å². The van der Waals surface area contributed by atoms with Crippen LogP contribution in [0.3, 0.4) is 0 Å². The average Bonchev–Trinajstić information content (AvgIpc) is 3.22. The Hall–Kier alpha value is -2.34. The summed E-state index contributed by atoms with van der Waals surface area (Å²) in [5.74, 6) is -0.0563. The van der Waals surface area contributed by atoms with E-state index in [1.54, 1.807) is 16.2 Å². The number of anilines is 1. The number of benzene rings is 1. The molecule has 0 spiro atoms. The van der Waals surface area contributed by atoms with Gasteiger partial charge in [0.2, 0.25) is 5.91 Å². The Morgan fingerprint density at radius 2 is 2.12 bits per heavy atom. The number of nitrogens with zero attached hydrogens (tertiary/aromatic N) is 1. The van der Waals surface area contributed by atoms with Crippen molar-refractivity contribution in [3.63, 3.8) is 0 Å². The average molecular weight is 344 g/mol. The van der Waals surface area contributed by atoms with E-state index < -0.39 is 0 Å². The van der Waals surface area contributed by atoms with Crippen molar-refractivity contribution in [1.29, 1.82) is 0 Å². The van der Waals surface area contributed by atoms with Gasteiger partial charge in [0.25, 0.3) is 0 Å². The molecule has 0 saturated carbocycles. The zero-order valence-corrected chi connectivity index (χ0v) is 14.3. The maximum absolute atomic E-state index is 12.0. The van der Waals surface area contributed by atoms with Crippen LogP contribution in [0.15, 0.2) is 41.8 Å². The second-order valence-electron chi connectivity index (χ2n) is 5.70. The molecule has 126 valence electrons. The maximum Gasteiger partial charge on any atom is 0.414 e. The van der Waals surface area contributed by atoms with Gasteiger partial charge in [-0.25, -0.2) is 4.79 Å². The molecule has 1 unspecified atom stereocenters. The van der Waals surface area contributed by atoms with Gasteiger partial charge in [0, 0.05) is 10.6 Å². The molecule has 0 radical (unpaired) electrons. The molecule has 1 fully saturated rings.